The molecule has 0 saturated carbocycles. The second-order valence-corrected chi connectivity index (χ2v) is 9.58. The highest BCUT2D eigenvalue weighted by Gasteiger charge is 2.18. The number of carbonyl (C=O) groups is 1. The van der Waals surface area contributed by atoms with E-state index in [4.69, 9.17) is 10.5 Å². The van der Waals surface area contributed by atoms with E-state index in [1.54, 1.807) is 29.7 Å². The lowest BCUT2D eigenvalue weighted by Gasteiger charge is -2.13. The van der Waals surface area contributed by atoms with Crippen LogP contribution in [0.1, 0.15) is 21.6 Å². The summed E-state index contributed by atoms with van der Waals surface area (Å²) in [5, 5.41) is 1.11. The summed E-state index contributed by atoms with van der Waals surface area (Å²) >= 11 is 0. The number of hydrogen-bond donors (Lipinski definition) is 2. The van der Waals surface area contributed by atoms with Crippen molar-refractivity contribution in [3.8, 4) is 22.4 Å². The van der Waals surface area contributed by atoms with E-state index in [2.05, 4.69) is 15.0 Å². The summed E-state index contributed by atoms with van der Waals surface area (Å²) in [5.41, 5.74) is 13.1. The van der Waals surface area contributed by atoms with Gasteiger partial charge in [0.25, 0.3) is 0 Å². The fourth-order valence-corrected chi connectivity index (χ4v) is 4.85. The van der Waals surface area contributed by atoms with Gasteiger partial charge in [-0.3, -0.25) is 9.38 Å². The molecular weight excluding hydrogens is 493 g/mol. The highest BCUT2D eigenvalue weighted by molar-refractivity contribution is 5.89. The lowest BCUT2D eigenvalue weighted by molar-refractivity contribution is 0.0473. The number of hydrogen-bond acceptors (Lipinski definition) is 5. The minimum atomic E-state index is -0.505. The monoisotopic (exact) mass is 519 g/mol. The van der Waals surface area contributed by atoms with Gasteiger partial charge in [-0.15, -0.1) is 0 Å². The maximum atomic E-state index is 13.9. The highest BCUT2D eigenvalue weighted by atomic mass is 19.1. The number of rotatable bonds is 7. The molecule has 3 N–H and O–H groups in total. The van der Waals surface area contributed by atoms with Crippen molar-refractivity contribution in [2.24, 2.45) is 5.73 Å². The minimum absolute atomic E-state index is 0.0714. The Morgan fingerprint density at radius 2 is 1.92 bits per heavy atom. The van der Waals surface area contributed by atoms with Crippen LogP contribution in [0.4, 0.5) is 4.39 Å². The zero-order chi connectivity index (χ0) is 26.9. The minimum Gasteiger partial charge on any atom is -0.459 e. The van der Waals surface area contributed by atoms with Crippen LogP contribution in [-0.4, -0.2) is 38.0 Å². The fourth-order valence-electron chi connectivity index (χ4n) is 4.85. The normalized spacial score (nSPS) is 12.2. The number of nitrogens with zero attached hydrogens (tertiary/aromatic N) is 3. The maximum absolute atomic E-state index is 13.9. The van der Waals surface area contributed by atoms with Gasteiger partial charge < -0.3 is 15.5 Å². The molecule has 0 aliphatic carbocycles. The number of fused-ring (bicyclic) bond motifs is 2. The number of pyridine rings is 2. The number of para-hydroxylation sites is 1. The molecule has 0 radical (unpaired) electrons. The lowest BCUT2D eigenvalue weighted by atomic mass is 9.99. The Hall–Kier alpha value is -4.82. The quantitative estimate of drug-likeness (QED) is 0.263. The number of ether oxygens (including phenoxy) is 1. The van der Waals surface area contributed by atoms with Gasteiger partial charge in [0, 0.05) is 52.2 Å². The molecule has 194 valence electrons. The van der Waals surface area contributed by atoms with E-state index >= 15 is 0 Å². The Morgan fingerprint density at radius 1 is 1.08 bits per heavy atom. The van der Waals surface area contributed by atoms with E-state index < -0.39 is 5.97 Å². The summed E-state index contributed by atoms with van der Waals surface area (Å²) < 4.78 is 21.2. The third kappa shape index (κ3) is 4.78. The first-order valence-corrected chi connectivity index (χ1v) is 12.6. The Bertz CT molecular complexity index is 1820. The smallest absolute Gasteiger partial charge is 0.357 e. The Labute approximate surface area is 224 Å². The van der Waals surface area contributed by atoms with E-state index in [1.165, 1.54) is 12.3 Å². The summed E-state index contributed by atoms with van der Waals surface area (Å²) in [4.78, 5) is 25.2. The molecule has 6 aromatic rings. The molecule has 0 spiro atoms. The summed E-state index contributed by atoms with van der Waals surface area (Å²) in [6.07, 6.45) is 7.55. The number of aromatic nitrogens is 4. The summed E-state index contributed by atoms with van der Waals surface area (Å²) in [6, 6.07) is 20.1. The largest absolute Gasteiger partial charge is 0.459 e. The average molecular weight is 520 g/mol. The summed E-state index contributed by atoms with van der Waals surface area (Å²) in [7, 11) is 0. The van der Waals surface area contributed by atoms with Crippen molar-refractivity contribution in [3.05, 3.63) is 114 Å². The maximum Gasteiger partial charge on any atom is 0.357 e. The molecule has 6 rings (SSSR count). The second-order valence-electron chi connectivity index (χ2n) is 9.58. The van der Waals surface area contributed by atoms with Crippen LogP contribution in [0, 0.1) is 12.7 Å². The predicted octanol–water partition coefficient (Wildman–Crippen LogP) is 5.72. The number of imidazole rings is 1. The van der Waals surface area contributed by atoms with E-state index in [9.17, 15) is 9.18 Å². The third-order valence-electron chi connectivity index (χ3n) is 6.85. The molecule has 0 bridgehead atoms. The van der Waals surface area contributed by atoms with E-state index in [1.807, 2.05) is 60.9 Å². The molecule has 0 amide bonds. The van der Waals surface area contributed by atoms with Crippen LogP contribution in [0.3, 0.4) is 0 Å². The van der Waals surface area contributed by atoms with E-state index in [0.717, 1.165) is 33.2 Å². The number of benzene rings is 2. The number of nitrogens with one attached hydrogen (secondary N) is 1. The lowest BCUT2D eigenvalue weighted by Crippen LogP contribution is -2.30. The topological polar surface area (TPSA) is 98.3 Å². The van der Waals surface area contributed by atoms with E-state index in [0.29, 0.717) is 29.0 Å². The van der Waals surface area contributed by atoms with Crippen molar-refractivity contribution in [1.29, 1.82) is 0 Å². The molecule has 4 aromatic heterocycles. The number of aromatic amines is 1. The molecule has 39 heavy (non-hydrogen) atoms. The van der Waals surface area contributed by atoms with Gasteiger partial charge in [-0.1, -0.05) is 24.3 Å². The molecule has 0 aliphatic rings. The van der Waals surface area contributed by atoms with Crippen LogP contribution in [0.15, 0.2) is 91.5 Å². The van der Waals surface area contributed by atoms with Gasteiger partial charge in [0.2, 0.25) is 0 Å². The van der Waals surface area contributed by atoms with Crippen LogP contribution in [0.2, 0.25) is 0 Å². The van der Waals surface area contributed by atoms with Crippen molar-refractivity contribution in [2.45, 2.75) is 19.4 Å². The molecule has 0 saturated heterocycles. The van der Waals surface area contributed by atoms with Crippen LogP contribution in [0.5, 0.6) is 0 Å². The molecule has 2 aromatic carbocycles. The number of nitrogens with two attached hydrogens (primary N) is 1. The van der Waals surface area contributed by atoms with Gasteiger partial charge in [0.05, 0.1) is 11.9 Å². The average Bonchev–Trinajstić information content (AvgIpc) is 3.57. The molecule has 0 fully saturated rings. The zero-order valence-corrected chi connectivity index (χ0v) is 21.3. The molecular formula is C31H26FN5O2. The number of H-pyrrole nitrogens is 1. The molecule has 8 heteroatoms. The molecule has 0 unspecified atom stereocenters. The molecule has 7 nitrogen and oxygen atoms in total. The SMILES string of the molecule is Cc1cc(-c2ncccc2-c2ccc3ncc(C(=O)OC[C@H](N)Cc4c[nH]c5ccccc45)n3c2)ccc1F. The molecule has 4 heterocycles. The second kappa shape index (κ2) is 10.2. The first-order valence-electron chi connectivity index (χ1n) is 12.6. The summed E-state index contributed by atoms with van der Waals surface area (Å²) in [5.74, 6) is -0.769. The Morgan fingerprint density at radius 3 is 2.79 bits per heavy atom. The number of carbonyl (C=O) groups excluding carboxylic acids is 1. The van der Waals surface area contributed by atoms with Crippen LogP contribution < -0.4 is 5.73 Å². The standard InChI is InChI=1S/C31H26FN5O2/c1-19-13-20(8-10-26(19)32)30-25(6-4-12-34-30)21-9-11-29-36-16-28(37(29)17-21)31(38)39-18-23(33)14-22-15-35-27-7-3-2-5-24(22)27/h2-13,15-17,23,35H,14,18,33H2,1H3/t23-/m1/s1. The van der Waals surface area contributed by atoms with E-state index in [-0.39, 0.29) is 18.5 Å². The van der Waals surface area contributed by atoms with Crippen molar-refractivity contribution in [2.75, 3.05) is 6.61 Å². The third-order valence-corrected chi connectivity index (χ3v) is 6.85. The van der Waals surface area contributed by atoms with Gasteiger partial charge in [0.15, 0.2) is 5.69 Å². The van der Waals surface area contributed by atoms with Gasteiger partial charge in [-0.2, -0.15) is 0 Å². The van der Waals surface area contributed by atoms with Gasteiger partial charge >= 0.3 is 5.97 Å². The van der Waals surface area contributed by atoms with Gasteiger partial charge in [0.1, 0.15) is 18.1 Å². The highest BCUT2D eigenvalue weighted by Crippen LogP contribution is 2.31. The van der Waals surface area contributed by atoms with Crippen molar-refractivity contribution >= 4 is 22.5 Å². The fraction of sp³-hybridized carbons (Fsp3) is 0.129. The zero-order valence-electron chi connectivity index (χ0n) is 21.3. The van der Waals surface area contributed by atoms with Crippen molar-refractivity contribution in [3.63, 3.8) is 0 Å². The molecule has 0 aliphatic heterocycles. The van der Waals surface area contributed by atoms with Crippen LogP contribution >= 0.6 is 0 Å². The number of esters is 1. The first-order chi connectivity index (χ1) is 19.0. The van der Waals surface area contributed by atoms with Crippen molar-refractivity contribution in [1.82, 2.24) is 19.4 Å². The van der Waals surface area contributed by atoms with Crippen LogP contribution in [0.25, 0.3) is 38.9 Å². The molecule has 1 atom stereocenters. The number of aryl methyl sites for hydroxylation is 1. The first kappa shape index (κ1) is 24.5. The Kier molecular flexibility index (Phi) is 6.38. The number of halogens is 1. The Balaban J connectivity index is 1.23. The summed E-state index contributed by atoms with van der Waals surface area (Å²) in [6.45, 7) is 1.80. The predicted molar refractivity (Wildman–Crippen MR) is 149 cm³/mol. The van der Waals surface area contributed by atoms with Gasteiger partial charge in [-0.25, -0.2) is 14.2 Å². The van der Waals surface area contributed by atoms with Gasteiger partial charge in [-0.05, 0) is 66.9 Å². The van der Waals surface area contributed by atoms with Crippen LogP contribution in [-0.2, 0) is 11.2 Å². The van der Waals surface area contributed by atoms with Crippen molar-refractivity contribution < 1.29 is 13.9 Å².